The Bertz CT molecular complexity index is 249. The molecular weight excluding hydrogens is 254 g/mol. The summed E-state index contributed by atoms with van der Waals surface area (Å²) >= 11 is 3.30. The number of hydrogen-bond donors (Lipinski definition) is 0. The first-order valence-electron chi connectivity index (χ1n) is 4.67. The molecule has 0 aromatic heterocycles. The van der Waals surface area contributed by atoms with Crippen molar-refractivity contribution in [1.82, 2.24) is 4.31 Å². The van der Waals surface area contributed by atoms with Crippen LogP contribution in [0.1, 0.15) is 26.2 Å². The molecule has 1 fully saturated rings. The minimum absolute atomic E-state index is 0.0669. The average molecular weight is 270 g/mol. The molecule has 0 N–H and O–H groups in total. The molecule has 0 amide bonds. The fourth-order valence-corrected chi connectivity index (χ4v) is 3.43. The molecule has 3 nitrogen and oxygen atoms in total. The van der Waals surface area contributed by atoms with Crippen LogP contribution in [0.4, 0.5) is 0 Å². The molecule has 0 radical (unpaired) electrons. The molecule has 0 unspecified atom stereocenters. The summed E-state index contributed by atoms with van der Waals surface area (Å²) in [5, 5.41) is 0.798. The normalized spacial score (nSPS) is 18.1. The van der Waals surface area contributed by atoms with Crippen molar-refractivity contribution in [3.05, 3.63) is 0 Å². The van der Waals surface area contributed by atoms with Gasteiger partial charge in [0.2, 0.25) is 10.0 Å². The maximum atomic E-state index is 11.7. The highest BCUT2D eigenvalue weighted by Crippen LogP contribution is 2.30. The van der Waals surface area contributed by atoms with Gasteiger partial charge >= 0.3 is 0 Å². The summed E-state index contributed by atoms with van der Waals surface area (Å²) in [5.74, 6) is 0. The lowest BCUT2D eigenvalue weighted by atomic mass is 10.5. The molecule has 0 aromatic carbocycles. The van der Waals surface area contributed by atoms with Crippen molar-refractivity contribution >= 4 is 26.0 Å². The molecule has 0 heterocycles. The van der Waals surface area contributed by atoms with E-state index in [0.29, 0.717) is 13.1 Å². The third-order valence-corrected chi connectivity index (χ3v) is 5.23. The van der Waals surface area contributed by atoms with Gasteiger partial charge in [-0.25, -0.2) is 12.7 Å². The predicted molar refractivity (Wildman–Crippen MR) is 57.6 cm³/mol. The van der Waals surface area contributed by atoms with Gasteiger partial charge in [0.05, 0.1) is 5.25 Å². The molecule has 1 saturated carbocycles. The fourth-order valence-electron chi connectivity index (χ4n) is 1.28. The zero-order chi connectivity index (χ0) is 9.90. The van der Waals surface area contributed by atoms with Crippen molar-refractivity contribution in [1.29, 1.82) is 0 Å². The van der Waals surface area contributed by atoms with Gasteiger partial charge in [0.25, 0.3) is 0 Å². The lowest BCUT2D eigenvalue weighted by Crippen LogP contribution is -2.34. The van der Waals surface area contributed by atoms with E-state index in [-0.39, 0.29) is 5.25 Å². The van der Waals surface area contributed by atoms with Crippen LogP contribution in [-0.2, 0) is 10.0 Å². The summed E-state index contributed by atoms with van der Waals surface area (Å²) in [6.45, 7) is 3.15. The van der Waals surface area contributed by atoms with Gasteiger partial charge in [-0.05, 0) is 19.3 Å². The Morgan fingerprint density at radius 1 is 1.46 bits per heavy atom. The van der Waals surface area contributed by atoms with Crippen molar-refractivity contribution < 1.29 is 8.42 Å². The Labute approximate surface area is 88.7 Å². The molecule has 0 saturated heterocycles. The summed E-state index contributed by atoms with van der Waals surface area (Å²) in [6.07, 6.45) is 2.60. The lowest BCUT2D eigenvalue weighted by Gasteiger charge is -2.19. The number of halogens is 1. The van der Waals surface area contributed by atoms with Gasteiger partial charge in [0, 0.05) is 18.4 Å². The minimum atomic E-state index is -2.94. The molecule has 0 aromatic rings. The quantitative estimate of drug-likeness (QED) is 0.687. The van der Waals surface area contributed by atoms with E-state index in [0.717, 1.165) is 24.6 Å². The topological polar surface area (TPSA) is 37.4 Å². The Morgan fingerprint density at radius 3 is 2.46 bits per heavy atom. The number of sulfonamides is 1. The summed E-state index contributed by atoms with van der Waals surface area (Å²) in [7, 11) is -2.94. The molecule has 1 rings (SSSR count). The number of hydrogen-bond acceptors (Lipinski definition) is 2. The van der Waals surface area contributed by atoms with Crippen LogP contribution in [0, 0.1) is 0 Å². The molecule has 13 heavy (non-hydrogen) atoms. The van der Waals surface area contributed by atoms with Gasteiger partial charge in [-0.1, -0.05) is 22.9 Å². The van der Waals surface area contributed by atoms with Crippen molar-refractivity contribution in [2.24, 2.45) is 0 Å². The smallest absolute Gasteiger partial charge is 0.212 e. The second-order valence-corrected chi connectivity index (χ2v) is 6.28. The van der Waals surface area contributed by atoms with E-state index in [1.165, 1.54) is 0 Å². The predicted octanol–water partition coefficient (Wildman–Crippen LogP) is 1.59. The van der Waals surface area contributed by atoms with Crippen LogP contribution in [0.3, 0.4) is 0 Å². The second kappa shape index (κ2) is 4.75. The molecular formula is C8H16BrNO2S. The van der Waals surface area contributed by atoms with Gasteiger partial charge in [-0.3, -0.25) is 0 Å². The summed E-state index contributed by atoms with van der Waals surface area (Å²) in [4.78, 5) is 0. The third-order valence-electron chi connectivity index (χ3n) is 2.20. The van der Waals surface area contributed by atoms with E-state index in [1.807, 2.05) is 6.92 Å². The Morgan fingerprint density at radius 2 is 2.08 bits per heavy atom. The fraction of sp³-hybridized carbons (Fsp3) is 1.00. The van der Waals surface area contributed by atoms with Crippen LogP contribution < -0.4 is 0 Å². The molecule has 0 aliphatic heterocycles. The maximum Gasteiger partial charge on any atom is 0.216 e. The van der Waals surface area contributed by atoms with Gasteiger partial charge in [-0.15, -0.1) is 0 Å². The summed E-state index contributed by atoms with van der Waals surface area (Å²) in [6, 6.07) is 0. The molecule has 5 heteroatoms. The monoisotopic (exact) mass is 269 g/mol. The molecule has 78 valence electrons. The lowest BCUT2D eigenvalue weighted by molar-refractivity contribution is 0.427. The molecule has 1 aliphatic rings. The first-order chi connectivity index (χ1) is 6.12. The van der Waals surface area contributed by atoms with E-state index in [1.54, 1.807) is 4.31 Å². The van der Waals surface area contributed by atoms with Crippen LogP contribution in [0.5, 0.6) is 0 Å². The Kier molecular flexibility index (Phi) is 4.19. The largest absolute Gasteiger partial charge is 0.216 e. The zero-order valence-corrected chi connectivity index (χ0v) is 10.3. The first-order valence-corrected chi connectivity index (χ1v) is 7.30. The first kappa shape index (κ1) is 11.5. The van der Waals surface area contributed by atoms with Crippen LogP contribution in [-0.4, -0.2) is 36.4 Å². The summed E-state index contributed by atoms with van der Waals surface area (Å²) in [5.41, 5.74) is 0. The third kappa shape index (κ3) is 2.92. The van der Waals surface area contributed by atoms with E-state index in [2.05, 4.69) is 15.9 Å². The van der Waals surface area contributed by atoms with Gasteiger partial charge < -0.3 is 0 Å². The van der Waals surface area contributed by atoms with Crippen molar-refractivity contribution in [2.75, 3.05) is 18.4 Å². The van der Waals surface area contributed by atoms with Crippen molar-refractivity contribution in [3.8, 4) is 0 Å². The average Bonchev–Trinajstić information content (AvgIpc) is 2.87. The Balaban J connectivity index is 2.53. The van der Waals surface area contributed by atoms with E-state index < -0.39 is 10.0 Å². The zero-order valence-electron chi connectivity index (χ0n) is 7.87. The van der Waals surface area contributed by atoms with Crippen LogP contribution >= 0.6 is 15.9 Å². The van der Waals surface area contributed by atoms with Crippen molar-refractivity contribution in [3.63, 3.8) is 0 Å². The van der Waals surface area contributed by atoms with Crippen molar-refractivity contribution in [2.45, 2.75) is 31.4 Å². The maximum absolute atomic E-state index is 11.7. The van der Waals surface area contributed by atoms with Gasteiger partial charge in [0.15, 0.2) is 0 Å². The molecule has 0 spiro atoms. The van der Waals surface area contributed by atoms with Crippen LogP contribution in [0.25, 0.3) is 0 Å². The van der Waals surface area contributed by atoms with Crippen LogP contribution in [0.2, 0.25) is 0 Å². The second-order valence-electron chi connectivity index (χ2n) is 3.28. The van der Waals surface area contributed by atoms with Crippen LogP contribution in [0.15, 0.2) is 0 Å². The highest BCUT2D eigenvalue weighted by molar-refractivity contribution is 9.09. The Hall–Kier alpha value is 0.390. The standard InChI is InChI=1S/C8H16BrNO2S/c1-2-10(7-3-6-9)13(11,12)8-4-5-8/h8H,2-7H2,1H3. The summed E-state index contributed by atoms with van der Waals surface area (Å²) < 4.78 is 25.1. The SMILES string of the molecule is CCN(CCCBr)S(=O)(=O)C1CC1. The highest BCUT2D eigenvalue weighted by Gasteiger charge is 2.39. The van der Waals surface area contributed by atoms with Gasteiger partial charge in [-0.2, -0.15) is 0 Å². The van der Waals surface area contributed by atoms with E-state index >= 15 is 0 Å². The minimum Gasteiger partial charge on any atom is -0.212 e. The number of nitrogens with zero attached hydrogens (tertiary/aromatic N) is 1. The number of alkyl halides is 1. The van der Waals surface area contributed by atoms with E-state index in [9.17, 15) is 8.42 Å². The molecule has 0 bridgehead atoms. The molecule has 1 aliphatic carbocycles. The van der Waals surface area contributed by atoms with Gasteiger partial charge in [0.1, 0.15) is 0 Å². The highest BCUT2D eigenvalue weighted by atomic mass is 79.9. The number of rotatable bonds is 6. The molecule has 0 atom stereocenters. The van der Waals surface area contributed by atoms with E-state index in [4.69, 9.17) is 0 Å².